The number of fused-ring (bicyclic) bond motifs is 1. The van der Waals surface area contributed by atoms with Gasteiger partial charge in [0.2, 0.25) is 0 Å². The molecule has 0 fully saturated rings. The van der Waals surface area contributed by atoms with Crippen molar-refractivity contribution in [3.8, 4) is 0 Å². The Labute approximate surface area is 157 Å². The van der Waals surface area contributed by atoms with Crippen LogP contribution in [0, 0.1) is 0 Å². The van der Waals surface area contributed by atoms with Crippen molar-refractivity contribution in [1.29, 1.82) is 0 Å². The van der Waals surface area contributed by atoms with Crippen molar-refractivity contribution < 1.29 is 14.3 Å². The number of H-pyrrole nitrogens is 1. The maximum Gasteiger partial charge on any atom is 0.335 e. The summed E-state index contributed by atoms with van der Waals surface area (Å²) < 4.78 is 11.0. The van der Waals surface area contributed by atoms with Crippen molar-refractivity contribution in [2.75, 3.05) is 6.61 Å². The van der Waals surface area contributed by atoms with Gasteiger partial charge in [0, 0.05) is 5.39 Å². The number of aryl methyl sites for hydroxylation is 1. The van der Waals surface area contributed by atoms with Crippen LogP contribution in [0.25, 0.3) is 10.8 Å². The van der Waals surface area contributed by atoms with Gasteiger partial charge in [0.1, 0.15) is 0 Å². The summed E-state index contributed by atoms with van der Waals surface area (Å²) in [6.45, 7) is 2.39. The molecular formula is C21H22N2O4. The summed E-state index contributed by atoms with van der Waals surface area (Å²) >= 11 is 0. The Morgan fingerprint density at radius 2 is 1.78 bits per heavy atom. The molecule has 0 aliphatic heterocycles. The van der Waals surface area contributed by atoms with Crippen LogP contribution >= 0.6 is 0 Å². The van der Waals surface area contributed by atoms with Crippen LogP contribution in [0.5, 0.6) is 0 Å². The molecule has 1 atom stereocenters. The van der Waals surface area contributed by atoms with E-state index in [1.165, 1.54) is 0 Å². The molecule has 6 nitrogen and oxygen atoms in total. The van der Waals surface area contributed by atoms with Crippen LogP contribution in [0.4, 0.5) is 0 Å². The maximum absolute atomic E-state index is 12.3. The molecule has 0 spiro atoms. The second-order valence-corrected chi connectivity index (χ2v) is 6.12. The predicted octanol–water partition coefficient (Wildman–Crippen LogP) is 3.00. The topological polar surface area (TPSA) is 81.3 Å². The number of aromatic amines is 1. The van der Waals surface area contributed by atoms with Gasteiger partial charge < -0.3 is 9.47 Å². The van der Waals surface area contributed by atoms with Crippen LogP contribution in [0.3, 0.4) is 0 Å². The monoisotopic (exact) mass is 366 g/mol. The fourth-order valence-corrected chi connectivity index (χ4v) is 2.91. The van der Waals surface area contributed by atoms with Gasteiger partial charge in [0.25, 0.3) is 5.56 Å². The van der Waals surface area contributed by atoms with E-state index in [1.807, 2.05) is 48.5 Å². The van der Waals surface area contributed by atoms with E-state index in [9.17, 15) is 9.59 Å². The van der Waals surface area contributed by atoms with Gasteiger partial charge in [-0.05, 0) is 31.4 Å². The first kappa shape index (κ1) is 18.8. The first-order valence-corrected chi connectivity index (χ1v) is 8.97. The minimum absolute atomic E-state index is 0.225. The molecule has 0 bridgehead atoms. The Kier molecular flexibility index (Phi) is 6.33. The third-order valence-electron chi connectivity index (χ3n) is 4.26. The number of hydrogen-bond acceptors (Lipinski definition) is 5. The molecule has 1 N–H and O–H groups in total. The molecule has 0 radical (unpaired) electrons. The van der Waals surface area contributed by atoms with Gasteiger partial charge in [-0.15, -0.1) is 0 Å². The van der Waals surface area contributed by atoms with Crippen molar-refractivity contribution in [2.45, 2.75) is 32.5 Å². The van der Waals surface area contributed by atoms with E-state index in [2.05, 4.69) is 10.2 Å². The fourth-order valence-electron chi connectivity index (χ4n) is 2.91. The molecule has 27 heavy (non-hydrogen) atoms. The smallest absolute Gasteiger partial charge is 0.335 e. The lowest BCUT2D eigenvalue weighted by molar-refractivity contribution is -0.158. The molecule has 3 rings (SSSR count). The number of nitrogens with one attached hydrogen (secondary N) is 1. The minimum Gasteiger partial charge on any atom is -0.464 e. The maximum atomic E-state index is 12.3. The van der Waals surface area contributed by atoms with E-state index < -0.39 is 6.10 Å². The number of hydrogen-bond donors (Lipinski definition) is 1. The van der Waals surface area contributed by atoms with Gasteiger partial charge in [-0.3, -0.25) is 4.79 Å². The lowest BCUT2D eigenvalue weighted by atomic mass is 10.1. The fraction of sp³-hybridized carbons (Fsp3) is 0.286. The lowest BCUT2D eigenvalue weighted by Crippen LogP contribution is -2.27. The van der Waals surface area contributed by atoms with Crippen LogP contribution in [0.15, 0.2) is 59.4 Å². The van der Waals surface area contributed by atoms with Crippen molar-refractivity contribution in [3.63, 3.8) is 0 Å². The van der Waals surface area contributed by atoms with E-state index in [0.29, 0.717) is 31.4 Å². The molecule has 1 unspecified atom stereocenters. The third kappa shape index (κ3) is 4.80. The number of carbonyl (C=O) groups excluding carboxylic acids is 1. The standard InChI is InChI=1S/C21H22N2O4/c1-2-26-21(25)19(27-14-15-8-4-3-5-9-15)13-12-18-16-10-6-7-11-17(16)20(24)23-22-18/h3-11,19H,2,12-14H2,1H3,(H,23,24). The van der Waals surface area contributed by atoms with E-state index in [1.54, 1.807) is 13.0 Å². The molecule has 0 aliphatic rings. The number of esters is 1. The van der Waals surface area contributed by atoms with E-state index in [4.69, 9.17) is 9.47 Å². The zero-order chi connectivity index (χ0) is 19.1. The van der Waals surface area contributed by atoms with Crippen LogP contribution < -0.4 is 5.56 Å². The van der Waals surface area contributed by atoms with E-state index >= 15 is 0 Å². The number of benzene rings is 2. The first-order chi connectivity index (χ1) is 13.2. The number of nitrogens with zero attached hydrogens (tertiary/aromatic N) is 1. The average Bonchev–Trinajstić information content (AvgIpc) is 2.70. The van der Waals surface area contributed by atoms with Crippen LogP contribution in [-0.2, 0) is 27.3 Å². The number of rotatable bonds is 8. The van der Waals surface area contributed by atoms with Gasteiger partial charge in [0.15, 0.2) is 6.10 Å². The Hall–Kier alpha value is -2.99. The Balaban J connectivity index is 1.73. The SMILES string of the molecule is CCOC(=O)C(CCc1n[nH]c(=O)c2ccccc12)OCc1ccccc1. The lowest BCUT2D eigenvalue weighted by Gasteiger charge is -2.16. The first-order valence-electron chi connectivity index (χ1n) is 8.97. The molecule has 1 heterocycles. The second-order valence-electron chi connectivity index (χ2n) is 6.12. The van der Waals surface area contributed by atoms with Crippen LogP contribution in [0.1, 0.15) is 24.6 Å². The van der Waals surface area contributed by atoms with Crippen molar-refractivity contribution in [2.24, 2.45) is 0 Å². The summed E-state index contributed by atoms with van der Waals surface area (Å²) in [5, 5.41) is 8.04. The Morgan fingerprint density at radius 3 is 2.52 bits per heavy atom. The molecule has 140 valence electrons. The van der Waals surface area contributed by atoms with Gasteiger partial charge >= 0.3 is 5.97 Å². The molecule has 2 aromatic carbocycles. The predicted molar refractivity (Wildman–Crippen MR) is 102 cm³/mol. The van der Waals surface area contributed by atoms with Gasteiger partial charge in [-0.25, -0.2) is 9.89 Å². The highest BCUT2D eigenvalue weighted by Crippen LogP contribution is 2.16. The normalized spacial score (nSPS) is 12.0. The van der Waals surface area contributed by atoms with E-state index in [-0.39, 0.29) is 11.5 Å². The number of carbonyl (C=O) groups is 1. The molecule has 3 aromatic rings. The van der Waals surface area contributed by atoms with Crippen molar-refractivity contribution >= 4 is 16.7 Å². The summed E-state index contributed by atoms with van der Waals surface area (Å²) in [4.78, 5) is 24.2. The van der Waals surface area contributed by atoms with Crippen LogP contribution in [-0.4, -0.2) is 28.9 Å². The largest absolute Gasteiger partial charge is 0.464 e. The summed E-state index contributed by atoms with van der Waals surface area (Å²) in [6, 6.07) is 17.0. The van der Waals surface area contributed by atoms with Gasteiger partial charge in [-0.1, -0.05) is 48.5 Å². The highest BCUT2D eigenvalue weighted by Gasteiger charge is 2.21. The van der Waals surface area contributed by atoms with E-state index in [0.717, 1.165) is 16.6 Å². The summed E-state index contributed by atoms with van der Waals surface area (Å²) in [6.07, 6.45) is 0.197. The summed E-state index contributed by atoms with van der Waals surface area (Å²) in [5.41, 5.74) is 1.49. The summed E-state index contributed by atoms with van der Waals surface area (Å²) in [5.74, 6) is -0.387. The molecule has 0 aliphatic carbocycles. The molecule has 0 saturated heterocycles. The molecule has 1 aromatic heterocycles. The van der Waals surface area contributed by atoms with Gasteiger partial charge in [-0.2, -0.15) is 5.10 Å². The number of ether oxygens (including phenoxy) is 2. The highest BCUT2D eigenvalue weighted by atomic mass is 16.6. The summed E-state index contributed by atoms with van der Waals surface area (Å²) in [7, 11) is 0. The Morgan fingerprint density at radius 1 is 1.07 bits per heavy atom. The third-order valence-corrected chi connectivity index (χ3v) is 4.26. The quantitative estimate of drug-likeness (QED) is 0.620. The van der Waals surface area contributed by atoms with Gasteiger partial charge in [0.05, 0.1) is 24.3 Å². The molecule has 6 heteroatoms. The average molecular weight is 366 g/mol. The zero-order valence-corrected chi connectivity index (χ0v) is 15.2. The number of aromatic nitrogens is 2. The molecule has 0 amide bonds. The van der Waals surface area contributed by atoms with Crippen LogP contribution in [0.2, 0.25) is 0 Å². The van der Waals surface area contributed by atoms with Crippen molar-refractivity contribution in [1.82, 2.24) is 10.2 Å². The zero-order valence-electron chi connectivity index (χ0n) is 15.2. The highest BCUT2D eigenvalue weighted by molar-refractivity contribution is 5.83. The van der Waals surface area contributed by atoms with Crippen molar-refractivity contribution in [3.05, 3.63) is 76.2 Å². The Bertz CT molecular complexity index is 953. The molecular weight excluding hydrogens is 344 g/mol. The minimum atomic E-state index is -0.697. The second kappa shape index (κ2) is 9.09. The molecule has 0 saturated carbocycles.